The molecule has 3 aliphatic heterocycles. The molecule has 0 fully saturated rings. The zero-order valence-corrected chi connectivity index (χ0v) is 44.8. The van der Waals surface area contributed by atoms with Crippen LogP contribution in [0.25, 0.3) is 11.4 Å². The van der Waals surface area contributed by atoms with Gasteiger partial charge in [-0.15, -0.1) is 46.6 Å². The SMILES string of the molecule is CN(C)c1c[c-]c(-c2[c-]c(Oc3[c-]c(N4[CH-]N(C)c5ccccc54)ccc3)c(N(C)C)cn2)nc1.[Ir].[Pt].[c-]1ccccc1N1[CH-]N(CCCCN2[CH-]N(c3[c-]cccc3)c3ccccc32)c2ccccc21. The van der Waals surface area contributed by atoms with E-state index in [1.54, 1.807) is 12.4 Å². The molecule has 2 aromatic heterocycles. The van der Waals surface area contributed by atoms with E-state index in [4.69, 9.17) is 4.74 Å². The summed E-state index contributed by atoms with van der Waals surface area (Å²) >= 11 is 0. The van der Waals surface area contributed by atoms with Crippen LogP contribution < -0.4 is 43.9 Å². The first kappa shape index (κ1) is 50.5. The van der Waals surface area contributed by atoms with Gasteiger partial charge in [-0.1, -0.05) is 36.4 Å². The number of unbranched alkanes of at least 4 members (excludes halogenated alkanes) is 1. The van der Waals surface area contributed by atoms with Gasteiger partial charge in [-0.2, -0.15) is 98.9 Å². The third-order valence-corrected chi connectivity index (χ3v) is 12.1. The van der Waals surface area contributed by atoms with Crippen LogP contribution >= 0.6 is 0 Å². The van der Waals surface area contributed by atoms with E-state index in [0.29, 0.717) is 22.9 Å². The van der Waals surface area contributed by atoms with Crippen molar-refractivity contribution in [3.8, 4) is 22.9 Å². The van der Waals surface area contributed by atoms with Crippen LogP contribution in [0.15, 0.2) is 158 Å². The van der Waals surface area contributed by atoms with Gasteiger partial charge in [-0.25, -0.2) is 6.07 Å². The van der Waals surface area contributed by atoms with Gasteiger partial charge < -0.3 is 53.9 Å². The summed E-state index contributed by atoms with van der Waals surface area (Å²) < 4.78 is 6.31. The van der Waals surface area contributed by atoms with E-state index in [9.17, 15) is 0 Å². The predicted octanol–water partition coefficient (Wildman–Crippen LogP) is 12.1. The topological polar surface area (TPSA) is 60.9 Å². The van der Waals surface area contributed by atoms with Crippen molar-refractivity contribution in [2.75, 3.05) is 87.5 Å². The molecule has 71 heavy (non-hydrogen) atoms. The standard InChI is InChI=1S/C30H26N4.C28H26N6O.Ir.Pt/c1-3-13-25(14-4-1)33-23-31(27-17-7-9-19-29(27)33)21-11-12-22-32-24-34(26-15-5-2-6-16-26)30-20-10-8-18-28(30)32;1-31(2)21-13-14-23(29-17-21)24-16-28(27(18-30-24)32(3)4)35-22-10-8-9-20(15-22)34-19-33(5)25-11-6-7-12-26(25)34;;/h1-10,13,15,17-20,23-24H,11-12,21-22H2;6-13,17-19H,1-5H3;;/q2*-4;;. The quantitative estimate of drug-likeness (QED) is 0.0819. The second kappa shape index (κ2) is 22.9. The molecule has 11 nitrogen and oxygen atoms in total. The van der Waals surface area contributed by atoms with Crippen LogP contribution in [-0.4, -0.2) is 58.3 Å². The Labute approximate surface area is 447 Å². The summed E-state index contributed by atoms with van der Waals surface area (Å²) in [6, 6.07) is 66.1. The van der Waals surface area contributed by atoms with Crippen molar-refractivity contribution in [2.24, 2.45) is 0 Å². The molecule has 0 amide bonds. The number of nitrogens with zero attached hydrogens (tertiary/aromatic N) is 10. The van der Waals surface area contributed by atoms with E-state index in [2.05, 4.69) is 168 Å². The Morgan fingerprint density at radius 1 is 0.521 bits per heavy atom. The van der Waals surface area contributed by atoms with E-state index >= 15 is 0 Å². The Bertz CT molecular complexity index is 2900. The molecule has 0 atom stereocenters. The minimum Gasteiger partial charge on any atom is -0.508 e. The van der Waals surface area contributed by atoms with Gasteiger partial charge in [0.15, 0.2) is 0 Å². The van der Waals surface area contributed by atoms with Gasteiger partial charge in [0.2, 0.25) is 0 Å². The Morgan fingerprint density at radius 3 is 1.55 bits per heavy atom. The van der Waals surface area contributed by atoms with Crippen molar-refractivity contribution in [1.82, 2.24) is 9.97 Å². The molecule has 0 spiro atoms. The second-order valence-electron chi connectivity index (χ2n) is 17.2. The summed E-state index contributed by atoms with van der Waals surface area (Å²) in [5.41, 5.74) is 13.1. The maximum atomic E-state index is 6.31. The Balaban J connectivity index is 0.000000185. The summed E-state index contributed by atoms with van der Waals surface area (Å²) in [6.07, 6.45) is 5.75. The summed E-state index contributed by atoms with van der Waals surface area (Å²) in [5.74, 6) is 1.13. The van der Waals surface area contributed by atoms with Gasteiger partial charge in [-0.05, 0) is 121 Å². The van der Waals surface area contributed by atoms with Gasteiger partial charge in [0.05, 0.1) is 0 Å². The van der Waals surface area contributed by atoms with Crippen LogP contribution in [0, 0.1) is 50.3 Å². The maximum absolute atomic E-state index is 6.31. The molecule has 367 valence electrons. The van der Waals surface area contributed by atoms with E-state index in [1.165, 1.54) is 22.7 Å². The maximum Gasteiger partial charge on any atom is 0.0326 e. The second-order valence-corrected chi connectivity index (χ2v) is 17.2. The normalized spacial score (nSPS) is 13.1. The monoisotopic (exact) mass is 1290 g/mol. The van der Waals surface area contributed by atoms with Crippen LogP contribution in [0.1, 0.15) is 12.8 Å². The first-order valence-corrected chi connectivity index (χ1v) is 23.0. The van der Waals surface area contributed by atoms with E-state index in [-0.39, 0.29) is 41.2 Å². The molecule has 0 N–H and O–H groups in total. The number of hydrogen-bond donors (Lipinski definition) is 0. The van der Waals surface area contributed by atoms with Crippen molar-refractivity contribution in [3.63, 3.8) is 0 Å². The van der Waals surface area contributed by atoms with Gasteiger partial charge in [0.1, 0.15) is 0 Å². The van der Waals surface area contributed by atoms with Crippen molar-refractivity contribution < 1.29 is 45.9 Å². The van der Waals surface area contributed by atoms with Crippen LogP contribution in [0.2, 0.25) is 0 Å². The molecule has 6 aromatic carbocycles. The molecular formula is C58H52IrN10OPt-8. The zero-order chi connectivity index (χ0) is 47.3. The molecule has 5 heterocycles. The number of pyridine rings is 2. The molecule has 8 aromatic rings. The number of ether oxygens (including phenoxy) is 1. The fourth-order valence-electron chi connectivity index (χ4n) is 8.55. The number of para-hydroxylation sites is 8. The molecule has 0 bridgehead atoms. The van der Waals surface area contributed by atoms with Crippen LogP contribution in [0.5, 0.6) is 11.5 Å². The molecular weight excluding hydrogens is 1240 g/mol. The van der Waals surface area contributed by atoms with Crippen molar-refractivity contribution in [3.05, 3.63) is 208 Å². The first-order chi connectivity index (χ1) is 33.8. The van der Waals surface area contributed by atoms with Crippen molar-refractivity contribution >= 4 is 62.6 Å². The smallest absolute Gasteiger partial charge is 0.0326 e. The summed E-state index contributed by atoms with van der Waals surface area (Å²) in [5, 5.41) is 0. The minimum absolute atomic E-state index is 0. The van der Waals surface area contributed by atoms with Gasteiger partial charge in [0, 0.05) is 86.8 Å². The fraction of sp³-hybridized carbons (Fsp3) is 0.155. The number of rotatable bonds is 13. The average Bonchev–Trinajstić information content (AvgIpc) is 4.07. The largest absolute Gasteiger partial charge is 0.508 e. The number of hydrogen-bond acceptors (Lipinski definition) is 11. The Kier molecular flexibility index (Phi) is 16.3. The van der Waals surface area contributed by atoms with E-state index in [1.807, 2.05) is 112 Å². The average molecular weight is 1290 g/mol. The Morgan fingerprint density at radius 2 is 1.03 bits per heavy atom. The number of anilines is 11. The van der Waals surface area contributed by atoms with Gasteiger partial charge >= 0.3 is 0 Å². The number of benzene rings is 6. The van der Waals surface area contributed by atoms with E-state index < -0.39 is 0 Å². The molecule has 0 aliphatic carbocycles. The van der Waals surface area contributed by atoms with Crippen LogP contribution in [0.3, 0.4) is 0 Å². The predicted molar refractivity (Wildman–Crippen MR) is 281 cm³/mol. The molecule has 0 unspecified atom stereocenters. The third-order valence-electron chi connectivity index (χ3n) is 12.1. The third kappa shape index (κ3) is 11.1. The summed E-state index contributed by atoms with van der Waals surface area (Å²) in [4.78, 5) is 26.4. The van der Waals surface area contributed by atoms with Crippen LogP contribution in [0.4, 0.5) is 62.6 Å². The van der Waals surface area contributed by atoms with Gasteiger partial charge in [0.25, 0.3) is 0 Å². The molecule has 0 saturated heterocycles. The fourth-order valence-corrected chi connectivity index (χ4v) is 8.55. The summed E-state index contributed by atoms with van der Waals surface area (Å²) in [6.45, 7) is 8.42. The van der Waals surface area contributed by atoms with Crippen LogP contribution in [-0.2, 0) is 41.2 Å². The summed E-state index contributed by atoms with van der Waals surface area (Å²) in [7, 11) is 9.85. The van der Waals surface area contributed by atoms with E-state index in [0.717, 1.165) is 65.7 Å². The Hall–Kier alpha value is -6.84. The zero-order valence-electron chi connectivity index (χ0n) is 40.1. The molecule has 1 radical (unpaired) electrons. The molecule has 0 saturated carbocycles. The number of aromatic nitrogens is 2. The molecule has 3 aliphatic rings. The number of fused-ring (bicyclic) bond motifs is 3. The molecule has 11 rings (SSSR count). The first-order valence-electron chi connectivity index (χ1n) is 23.0. The molecule has 13 heteroatoms. The van der Waals surface area contributed by atoms with Crippen molar-refractivity contribution in [2.45, 2.75) is 12.8 Å². The van der Waals surface area contributed by atoms with Gasteiger partial charge in [-0.3, -0.25) is 0 Å². The minimum atomic E-state index is 0. The van der Waals surface area contributed by atoms with Crippen molar-refractivity contribution in [1.29, 1.82) is 0 Å².